The molecule has 0 unspecified atom stereocenters. The molecular formula is C42H26O. The van der Waals surface area contributed by atoms with Gasteiger partial charge in [-0.1, -0.05) is 139 Å². The van der Waals surface area contributed by atoms with E-state index < -0.39 is 102 Å². The van der Waals surface area contributed by atoms with Crippen LogP contribution >= 0.6 is 0 Å². The molecule has 9 aromatic rings. The van der Waals surface area contributed by atoms with E-state index in [1.54, 1.807) is 12.1 Å². The summed E-state index contributed by atoms with van der Waals surface area (Å²) in [6.45, 7) is 0. The van der Waals surface area contributed by atoms with E-state index in [-0.39, 0.29) is 49.0 Å². The van der Waals surface area contributed by atoms with Crippen LogP contribution < -0.4 is 0 Å². The first-order valence-corrected chi connectivity index (χ1v) is 13.6. The van der Waals surface area contributed by atoms with Gasteiger partial charge in [-0.3, -0.25) is 0 Å². The van der Waals surface area contributed by atoms with Gasteiger partial charge in [-0.25, -0.2) is 0 Å². The molecular weight excluding hydrogens is 520 g/mol. The lowest BCUT2D eigenvalue weighted by Gasteiger charge is -2.18. The zero-order valence-corrected chi connectivity index (χ0v) is 22.3. The highest BCUT2D eigenvalue weighted by Gasteiger charge is 2.18. The quantitative estimate of drug-likeness (QED) is 0.196. The van der Waals surface area contributed by atoms with Crippen LogP contribution in [0.3, 0.4) is 0 Å². The van der Waals surface area contributed by atoms with Crippen molar-refractivity contribution >= 4 is 54.3 Å². The molecule has 0 bridgehead atoms. The van der Waals surface area contributed by atoms with Gasteiger partial charge in [-0.15, -0.1) is 0 Å². The molecule has 0 fully saturated rings. The average Bonchev–Trinajstić information content (AvgIpc) is 3.65. The summed E-state index contributed by atoms with van der Waals surface area (Å²) in [7, 11) is 0. The Labute approximate surface area is 270 Å². The summed E-state index contributed by atoms with van der Waals surface area (Å²) in [6.07, 6.45) is 0. The predicted molar refractivity (Wildman–Crippen MR) is 183 cm³/mol. The van der Waals surface area contributed by atoms with Gasteiger partial charge in [0.15, 0.2) is 0 Å². The standard InChI is InChI=1S/C42H26O/c1-2-12-31-27(10-1)11-9-18-32(31)28-20-22-29(23-21-28)41-35-14-3-5-16-37(35)42(38-17-6-4-15-36(38)41)30-24-25-34-33-13-7-8-19-39(33)43-40(34)26-30/h1-26H/i3D,4D,5D,6D,7D,8D,13D,14D,15D,16D,17D,19D,24D,25D,26D. The van der Waals surface area contributed by atoms with E-state index in [2.05, 4.69) is 0 Å². The number of furan rings is 1. The third-order valence-electron chi connectivity index (χ3n) is 7.78. The lowest BCUT2D eigenvalue weighted by molar-refractivity contribution is 0.669. The predicted octanol–water partition coefficient (Wildman–Crippen LogP) is 12.0. The van der Waals surface area contributed by atoms with Crippen molar-refractivity contribution in [3.8, 4) is 33.4 Å². The van der Waals surface area contributed by atoms with Crippen molar-refractivity contribution in [1.29, 1.82) is 0 Å². The van der Waals surface area contributed by atoms with Crippen LogP contribution in [0.1, 0.15) is 20.6 Å². The third-order valence-corrected chi connectivity index (χ3v) is 7.78. The molecule has 0 atom stereocenters. The van der Waals surface area contributed by atoms with Crippen LogP contribution in [0.5, 0.6) is 0 Å². The third kappa shape index (κ3) is 3.72. The highest BCUT2D eigenvalue weighted by atomic mass is 16.3. The van der Waals surface area contributed by atoms with Crippen molar-refractivity contribution in [1.82, 2.24) is 0 Å². The Morgan fingerprint density at radius 2 is 0.953 bits per heavy atom. The van der Waals surface area contributed by atoms with Crippen LogP contribution in [-0.4, -0.2) is 0 Å². The molecule has 1 heteroatoms. The zero-order chi connectivity index (χ0) is 41.4. The van der Waals surface area contributed by atoms with E-state index in [0.717, 1.165) is 21.9 Å². The fourth-order valence-electron chi connectivity index (χ4n) is 5.88. The van der Waals surface area contributed by atoms with Crippen LogP contribution in [0.4, 0.5) is 0 Å². The number of hydrogen-bond donors (Lipinski definition) is 0. The molecule has 0 amide bonds. The Kier molecular flexibility index (Phi) is 2.97. The molecule has 0 N–H and O–H groups in total. The Hall–Kier alpha value is -5.66. The lowest BCUT2D eigenvalue weighted by Crippen LogP contribution is -1.91. The van der Waals surface area contributed by atoms with Gasteiger partial charge in [0, 0.05) is 10.8 Å². The van der Waals surface area contributed by atoms with E-state index in [9.17, 15) is 8.22 Å². The van der Waals surface area contributed by atoms with Crippen molar-refractivity contribution in [2.24, 2.45) is 0 Å². The fraction of sp³-hybridized carbons (Fsp3) is 0. The molecule has 1 heterocycles. The van der Waals surface area contributed by atoms with Crippen molar-refractivity contribution < 1.29 is 25.0 Å². The first-order valence-electron chi connectivity index (χ1n) is 21.1. The van der Waals surface area contributed by atoms with Crippen molar-refractivity contribution in [2.75, 3.05) is 0 Å². The van der Waals surface area contributed by atoms with Crippen LogP contribution in [0.25, 0.3) is 87.6 Å². The van der Waals surface area contributed by atoms with Gasteiger partial charge in [-0.2, -0.15) is 0 Å². The van der Waals surface area contributed by atoms with Gasteiger partial charge in [0.1, 0.15) is 11.2 Å². The average molecular weight is 562 g/mol. The first kappa shape index (κ1) is 13.5. The summed E-state index contributed by atoms with van der Waals surface area (Å²) in [5, 5.41) is 0.714. The summed E-state index contributed by atoms with van der Waals surface area (Å²) in [6, 6.07) is 11.5. The van der Waals surface area contributed by atoms with E-state index >= 15 is 0 Å². The van der Waals surface area contributed by atoms with E-state index in [0.29, 0.717) is 5.56 Å². The summed E-state index contributed by atoms with van der Waals surface area (Å²) in [5.74, 6) is 0. The van der Waals surface area contributed by atoms with Crippen molar-refractivity contribution in [3.63, 3.8) is 0 Å². The van der Waals surface area contributed by atoms with E-state index in [4.69, 9.17) is 16.8 Å². The molecule has 0 saturated carbocycles. The van der Waals surface area contributed by atoms with Gasteiger partial charge >= 0.3 is 0 Å². The molecule has 0 aliphatic heterocycles. The highest BCUT2D eigenvalue weighted by Crippen LogP contribution is 2.45. The minimum absolute atomic E-state index is 0.0647. The molecule has 200 valence electrons. The van der Waals surface area contributed by atoms with Gasteiger partial charge in [0.05, 0.1) is 20.6 Å². The topological polar surface area (TPSA) is 13.1 Å². The number of rotatable bonds is 3. The van der Waals surface area contributed by atoms with Gasteiger partial charge in [0.25, 0.3) is 0 Å². The fourth-order valence-corrected chi connectivity index (χ4v) is 5.88. The molecule has 0 aliphatic carbocycles. The molecule has 0 aliphatic rings. The Bertz CT molecular complexity index is 3250. The molecule has 43 heavy (non-hydrogen) atoms. The maximum Gasteiger partial charge on any atom is 0.136 e. The van der Waals surface area contributed by atoms with Crippen LogP contribution in [0.2, 0.25) is 0 Å². The number of benzene rings is 8. The second-order valence-electron chi connectivity index (χ2n) is 10.1. The van der Waals surface area contributed by atoms with Gasteiger partial charge in [0.2, 0.25) is 0 Å². The molecule has 0 radical (unpaired) electrons. The zero-order valence-electron chi connectivity index (χ0n) is 37.3. The Morgan fingerprint density at radius 3 is 1.67 bits per heavy atom. The number of fused-ring (bicyclic) bond motifs is 6. The second-order valence-corrected chi connectivity index (χ2v) is 10.1. The summed E-state index contributed by atoms with van der Waals surface area (Å²) in [4.78, 5) is 0. The molecule has 8 aromatic carbocycles. The largest absolute Gasteiger partial charge is 0.456 e. The Balaban J connectivity index is 1.48. The minimum atomic E-state index is -0.692. The molecule has 9 rings (SSSR count). The summed E-state index contributed by atoms with van der Waals surface area (Å²) >= 11 is 0. The van der Waals surface area contributed by atoms with Gasteiger partial charge < -0.3 is 4.42 Å². The van der Waals surface area contributed by atoms with Crippen molar-refractivity contribution in [2.45, 2.75) is 0 Å². The maximum atomic E-state index is 9.47. The maximum absolute atomic E-state index is 9.47. The Morgan fingerprint density at radius 1 is 0.395 bits per heavy atom. The molecule has 0 spiro atoms. The number of hydrogen-bond acceptors (Lipinski definition) is 1. The van der Waals surface area contributed by atoms with Gasteiger partial charge in [-0.05, 0) is 83.8 Å². The minimum Gasteiger partial charge on any atom is -0.456 e. The van der Waals surface area contributed by atoms with Crippen molar-refractivity contribution in [3.05, 3.63) is 157 Å². The smallest absolute Gasteiger partial charge is 0.136 e. The monoisotopic (exact) mass is 561 g/mol. The summed E-state index contributed by atoms with van der Waals surface area (Å²) < 4.78 is 139. The molecule has 1 nitrogen and oxygen atoms in total. The second kappa shape index (κ2) is 9.44. The lowest BCUT2D eigenvalue weighted by atomic mass is 9.85. The van der Waals surface area contributed by atoms with E-state index in [1.807, 2.05) is 54.6 Å². The SMILES string of the molecule is [2H]c1c([2H])c([2H])c2c(oc3c([2H])c(-c4c5c([2H])c([2H])c([2H])c([2H])c5c(-c5ccc(-c6cccc7ccccc67)cc5)c5c([2H])c([2H])c([2H])c([2H])c45)c([2H])c([2H])c32)c1[2H]. The normalized spacial score (nSPS) is 16.6. The van der Waals surface area contributed by atoms with Crippen LogP contribution in [-0.2, 0) is 0 Å². The summed E-state index contributed by atoms with van der Waals surface area (Å²) in [5.41, 5.74) is 0.612. The van der Waals surface area contributed by atoms with Crippen LogP contribution in [0, 0.1) is 0 Å². The molecule has 0 saturated heterocycles. The number of para-hydroxylation sites is 1. The first-order chi connectivity index (χ1) is 27.6. The van der Waals surface area contributed by atoms with Crippen LogP contribution in [0.15, 0.2) is 162 Å². The molecule has 1 aromatic heterocycles. The van der Waals surface area contributed by atoms with E-state index in [1.165, 1.54) is 0 Å². The highest BCUT2D eigenvalue weighted by molar-refractivity contribution is 6.22.